The largest absolute Gasteiger partial charge is 0.454 e. The Bertz CT molecular complexity index is 948. The van der Waals surface area contributed by atoms with E-state index in [1.165, 1.54) is 0 Å². The number of nitrogens with zero attached hydrogens (tertiary/aromatic N) is 5. The molecule has 4 rings (SSSR count). The van der Waals surface area contributed by atoms with E-state index in [1.807, 2.05) is 23.1 Å². The highest BCUT2D eigenvalue weighted by Crippen LogP contribution is 2.32. The van der Waals surface area contributed by atoms with Crippen LogP contribution in [0, 0.1) is 11.3 Å². The minimum Gasteiger partial charge on any atom is -0.454 e. The van der Waals surface area contributed by atoms with Crippen molar-refractivity contribution >= 4 is 11.9 Å². The summed E-state index contributed by atoms with van der Waals surface area (Å²) in [5.41, 5.74) is 0.950. The maximum Gasteiger partial charge on any atom is 0.263 e. The fraction of sp³-hybridized carbons (Fsp3) is 0.300. The van der Waals surface area contributed by atoms with Gasteiger partial charge in [-0.2, -0.15) is 5.26 Å². The highest BCUT2D eigenvalue weighted by molar-refractivity contribution is 5.97. The highest BCUT2D eigenvalue weighted by Gasteiger charge is 2.19. The third-order valence-electron chi connectivity index (χ3n) is 4.72. The topological polar surface area (TPSA) is 104 Å². The van der Waals surface area contributed by atoms with Crippen LogP contribution in [0.15, 0.2) is 48.4 Å². The van der Waals surface area contributed by atoms with Gasteiger partial charge < -0.3 is 24.6 Å². The highest BCUT2D eigenvalue weighted by atomic mass is 16.7. The average molecular weight is 392 g/mol. The molecule has 1 aromatic carbocycles. The Morgan fingerprint density at radius 1 is 1.17 bits per heavy atom. The van der Waals surface area contributed by atoms with Crippen LogP contribution in [0.2, 0.25) is 0 Å². The number of nitrogens with one attached hydrogen (secondary N) is 1. The van der Waals surface area contributed by atoms with Crippen LogP contribution in [0.3, 0.4) is 0 Å². The number of anilines is 1. The van der Waals surface area contributed by atoms with Crippen molar-refractivity contribution in [2.24, 2.45) is 0 Å². The molecular weight excluding hydrogens is 372 g/mol. The first-order chi connectivity index (χ1) is 14.2. The number of fused-ring (bicyclic) bond motifs is 1. The van der Waals surface area contributed by atoms with Gasteiger partial charge in [-0.05, 0) is 23.8 Å². The van der Waals surface area contributed by atoms with Gasteiger partial charge in [0, 0.05) is 51.3 Å². The van der Waals surface area contributed by atoms with Crippen molar-refractivity contribution in [1.29, 1.82) is 5.26 Å². The van der Waals surface area contributed by atoms with Crippen molar-refractivity contribution in [1.82, 2.24) is 20.2 Å². The molecule has 148 valence electrons. The van der Waals surface area contributed by atoms with Crippen molar-refractivity contribution in [3.8, 4) is 17.6 Å². The molecule has 0 bridgehead atoms. The standard InChI is InChI=1S/C20H20N6O3/c21-11-16(13-25-6-8-26(9-7-25)20-22-4-1-5-23-20)19(27)24-12-15-2-3-17-18(10-15)29-14-28-17/h1-5,10,13H,6-9,12,14H2,(H,24,27)/b16-13-. The molecule has 0 unspecified atom stereocenters. The number of rotatable bonds is 5. The Morgan fingerprint density at radius 3 is 2.69 bits per heavy atom. The smallest absolute Gasteiger partial charge is 0.263 e. The third kappa shape index (κ3) is 4.38. The Kier molecular flexibility index (Phi) is 5.42. The Labute approximate surface area is 168 Å². The lowest BCUT2D eigenvalue weighted by Gasteiger charge is -2.34. The molecular formula is C20H20N6O3. The second-order valence-corrected chi connectivity index (χ2v) is 6.60. The van der Waals surface area contributed by atoms with Crippen LogP contribution in [-0.2, 0) is 11.3 Å². The number of aromatic nitrogens is 2. The van der Waals surface area contributed by atoms with Crippen molar-refractivity contribution in [2.45, 2.75) is 6.54 Å². The SMILES string of the molecule is N#C/C(=C/N1CCN(c2ncccn2)CC1)C(=O)NCc1ccc2c(c1)OCO2. The second-order valence-electron chi connectivity index (χ2n) is 6.60. The summed E-state index contributed by atoms with van der Waals surface area (Å²) >= 11 is 0. The zero-order chi connectivity index (χ0) is 20.1. The fourth-order valence-electron chi connectivity index (χ4n) is 3.15. The minimum atomic E-state index is -0.404. The van der Waals surface area contributed by atoms with Gasteiger partial charge in [-0.15, -0.1) is 0 Å². The van der Waals surface area contributed by atoms with Crippen LogP contribution in [0.5, 0.6) is 11.5 Å². The molecule has 9 heteroatoms. The van der Waals surface area contributed by atoms with E-state index in [-0.39, 0.29) is 12.4 Å². The number of nitriles is 1. The quantitative estimate of drug-likeness (QED) is 0.595. The summed E-state index contributed by atoms with van der Waals surface area (Å²) in [6.45, 7) is 3.30. The van der Waals surface area contributed by atoms with E-state index < -0.39 is 5.91 Å². The maximum atomic E-state index is 12.4. The summed E-state index contributed by atoms with van der Waals surface area (Å²) < 4.78 is 10.6. The number of hydrogen-bond donors (Lipinski definition) is 1. The molecule has 2 aliphatic rings. The predicted molar refractivity (Wildman–Crippen MR) is 104 cm³/mol. The third-order valence-corrected chi connectivity index (χ3v) is 4.72. The zero-order valence-corrected chi connectivity index (χ0v) is 15.7. The number of hydrogen-bond acceptors (Lipinski definition) is 8. The normalized spacial score (nSPS) is 15.8. The first-order valence-electron chi connectivity index (χ1n) is 9.27. The molecule has 0 saturated carbocycles. The minimum absolute atomic E-state index is 0.0788. The molecule has 29 heavy (non-hydrogen) atoms. The summed E-state index contributed by atoms with van der Waals surface area (Å²) in [4.78, 5) is 25.0. The first kappa shape index (κ1) is 18.6. The number of ether oxygens (including phenoxy) is 2. The van der Waals surface area contributed by atoms with Gasteiger partial charge in [-0.1, -0.05) is 6.07 Å². The average Bonchev–Trinajstić information content (AvgIpc) is 3.25. The van der Waals surface area contributed by atoms with Gasteiger partial charge in [0.05, 0.1) is 0 Å². The number of amides is 1. The molecule has 3 heterocycles. The van der Waals surface area contributed by atoms with Crippen molar-refractivity contribution in [3.05, 3.63) is 54.0 Å². The number of carbonyl (C=O) groups is 1. The molecule has 1 aromatic heterocycles. The summed E-state index contributed by atoms with van der Waals surface area (Å²) in [7, 11) is 0. The molecule has 0 aliphatic carbocycles. The lowest BCUT2D eigenvalue weighted by atomic mass is 10.2. The lowest BCUT2D eigenvalue weighted by Crippen LogP contribution is -2.45. The van der Waals surface area contributed by atoms with Gasteiger partial charge >= 0.3 is 0 Å². The summed E-state index contributed by atoms with van der Waals surface area (Å²) in [5, 5.41) is 12.2. The van der Waals surface area contributed by atoms with E-state index in [1.54, 1.807) is 30.7 Å². The molecule has 0 spiro atoms. The molecule has 0 atom stereocenters. The predicted octanol–water partition coefficient (Wildman–Crippen LogP) is 1.05. The molecule has 1 fully saturated rings. The van der Waals surface area contributed by atoms with Gasteiger partial charge in [0.25, 0.3) is 5.91 Å². The molecule has 1 amide bonds. The van der Waals surface area contributed by atoms with Gasteiger partial charge in [0.2, 0.25) is 12.7 Å². The number of piperazine rings is 1. The first-order valence-corrected chi connectivity index (χ1v) is 9.27. The van der Waals surface area contributed by atoms with E-state index in [2.05, 4.69) is 20.2 Å². The van der Waals surface area contributed by atoms with Crippen LogP contribution in [-0.4, -0.2) is 53.7 Å². The van der Waals surface area contributed by atoms with Crippen LogP contribution < -0.4 is 19.7 Å². The van der Waals surface area contributed by atoms with Gasteiger partial charge in [0.1, 0.15) is 11.6 Å². The van der Waals surface area contributed by atoms with E-state index in [0.717, 1.165) is 18.7 Å². The van der Waals surface area contributed by atoms with E-state index >= 15 is 0 Å². The van der Waals surface area contributed by atoms with Crippen LogP contribution in [0.4, 0.5) is 5.95 Å². The second kappa shape index (κ2) is 8.48. The molecule has 1 saturated heterocycles. The molecule has 9 nitrogen and oxygen atoms in total. The van der Waals surface area contributed by atoms with Crippen molar-refractivity contribution in [3.63, 3.8) is 0 Å². The van der Waals surface area contributed by atoms with Gasteiger partial charge in [0.15, 0.2) is 11.5 Å². The monoisotopic (exact) mass is 392 g/mol. The van der Waals surface area contributed by atoms with Crippen molar-refractivity contribution in [2.75, 3.05) is 37.9 Å². The summed E-state index contributed by atoms with van der Waals surface area (Å²) in [5.74, 6) is 1.64. The number of carbonyl (C=O) groups excluding carboxylic acids is 1. The van der Waals surface area contributed by atoms with Crippen LogP contribution in [0.25, 0.3) is 0 Å². The maximum absolute atomic E-state index is 12.4. The van der Waals surface area contributed by atoms with E-state index in [4.69, 9.17) is 9.47 Å². The van der Waals surface area contributed by atoms with E-state index in [0.29, 0.717) is 37.1 Å². The van der Waals surface area contributed by atoms with Crippen molar-refractivity contribution < 1.29 is 14.3 Å². The molecule has 0 radical (unpaired) electrons. The zero-order valence-electron chi connectivity index (χ0n) is 15.7. The molecule has 1 N–H and O–H groups in total. The van der Waals surface area contributed by atoms with Crippen LogP contribution in [0.1, 0.15) is 5.56 Å². The Balaban J connectivity index is 1.32. The van der Waals surface area contributed by atoms with Gasteiger partial charge in [-0.25, -0.2) is 9.97 Å². The number of benzene rings is 1. The van der Waals surface area contributed by atoms with E-state index in [9.17, 15) is 10.1 Å². The molecule has 2 aromatic rings. The fourth-order valence-corrected chi connectivity index (χ4v) is 3.15. The summed E-state index contributed by atoms with van der Waals surface area (Å²) in [6.07, 6.45) is 5.05. The molecule has 2 aliphatic heterocycles. The Hall–Kier alpha value is -3.80. The van der Waals surface area contributed by atoms with Crippen LogP contribution >= 0.6 is 0 Å². The Morgan fingerprint density at radius 2 is 1.93 bits per heavy atom. The van der Waals surface area contributed by atoms with Gasteiger partial charge in [-0.3, -0.25) is 4.79 Å². The lowest BCUT2D eigenvalue weighted by molar-refractivity contribution is -0.117. The summed E-state index contributed by atoms with van der Waals surface area (Å²) in [6, 6.07) is 9.26.